The maximum absolute atomic E-state index is 12.6. The maximum atomic E-state index is 12.6. The van der Waals surface area contributed by atoms with Gasteiger partial charge in [-0.25, -0.2) is 0 Å². The first kappa shape index (κ1) is 19.8. The van der Waals surface area contributed by atoms with E-state index in [4.69, 9.17) is 32.7 Å². The summed E-state index contributed by atoms with van der Waals surface area (Å²) in [5.41, 5.74) is 1.55. The molecule has 144 valence electrons. The molecule has 1 atom stereocenters. The summed E-state index contributed by atoms with van der Waals surface area (Å²) >= 11 is 12.1. The molecular weight excluding hydrogens is 387 g/mol. The van der Waals surface area contributed by atoms with Gasteiger partial charge in [0.15, 0.2) is 0 Å². The fourth-order valence-corrected chi connectivity index (χ4v) is 3.77. The van der Waals surface area contributed by atoms with Gasteiger partial charge in [0.05, 0.1) is 31.5 Å². The van der Waals surface area contributed by atoms with Crippen LogP contribution in [0.4, 0.5) is 5.69 Å². The number of methoxy groups -OCH3 is 2. The molecule has 1 heterocycles. The number of nitrogens with zero attached hydrogens (tertiary/aromatic N) is 1. The van der Waals surface area contributed by atoms with Crippen LogP contribution < -0.4 is 14.8 Å². The number of hydrogen-bond acceptors (Lipinski definition) is 4. The van der Waals surface area contributed by atoms with E-state index in [0.717, 1.165) is 36.4 Å². The van der Waals surface area contributed by atoms with Crippen molar-refractivity contribution < 1.29 is 14.3 Å². The predicted octanol–water partition coefficient (Wildman–Crippen LogP) is 4.79. The number of anilines is 1. The quantitative estimate of drug-likeness (QED) is 0.746. The van der Waals surface area contributed by atoms with Gasteiger partial charge < -0.3 is 14.8 Å². The Balaban J connectivity index is 1.75. The number of carbonyl (C=O) groups excluding carboxylic acids is 1. The molecular formula is C20H22Cl2N2O3. The van der Waals surface area contributed by atoms with Gasteiger partial charge in [0.1, 0.15) is 11.5 Å². The molecule has 0 aliphatic carbocycles. The van der Waals surface area contributed by atoms with E-state index < -0.39 is 0 Å². The average Bonchev–Trinajstić information content (AvgIpc) is 3.11. The molecule has 3 rings (SSSR count). The highest BCUT2D eigenvalue weighted by Gasteiger charge is 2.30. The third-order valence-electron chi connectivity index (χ3n) is 4.71. The summed E-state index contributed by atoms with van der Waals surface area (Å²) < 4.78 is 10.9. The fourth-order valence-electron chi connectivity index (χ4n) is 3.43. The van der Waals surface area contributed by atoms with Crippen LogP contribution >= 0.6 is 23.2 Å². The first-order valence-corrected chi connectivity index (χ1v) is 9.48. The highest BCUT2D eigenvalue weighted by atomic mass is 35.5. The van der Waals surface area contributed by atoms with Crippen LogP contribution in [-0.2, 0) is 4.79 Å². The van der Waals surface area contributed by atoms with E-state index in [2.05, 4.69) is 10.2 Å². The van der Waals surface area contributed by atoms with Crippen LogP contribution in [-0.4, -0.2) is 38.1 Å². The summed E-state index contributed by atoms with van der Waals surface area (Å²) in [5, 5.41) is 3.83. The van der Waals surface area contributed by atoms with E-state index in [0.29, 0.717) is 15.7 Å². The van der Waals surface area contributed by atoms with Crippen molar-refractivity contribution >= 4 is 34.8 Å². The van der Waals surface area contributed by atoms with Crippen molar-refractivity contribution in [3.63, 3.8) is 0 Å². The number of nitrogens with one attached hydrogen (secondary N) is 1. The first-order chi connectivity index (χ1) is 13.0. The van der Waals surface area contributed by atoms with E-state index in [9.17, 15) is 4.79 Å². The van der Waals surface area contributed by atoms with Gasteiger partial charge in [-0.15, -0.1) is 0 Å². The van der Waals surface area contributed by atoms with E-state index in [1.165, 1.54) is 0 Å². The van der Waals surface area contributed by atoms with Gasteiger partial charge in [0, 0.05) is 16.6 Å². The van der Waals surface area contributed by atoms with Crippen LogP contribution in [0.1, 0.15) is 24.4 Å². The number of ether oxygens (including phenoxy) is 2. The minimum atomic E-state index is -0.132. The molecule has 0 bridgehead atoms. The minimum Gasteiger partial charge on any atom is -0.497 e. The van der Waals surface area contributed by atoms with Crippen molar-refractivity contribution in [3.05, 3.63) is 52.0 Å². The van der Waals surface area contributed by atoms with Crippen molar-refractivity contribution in [2.24, 2.45) is 0 Å². The summed E-state index contributed by atoms with van der Waals surface area (Å²) in [4.78, 5) is 14.7. The minimum absolute atomic E-state index is 0.0932. The van der Waals surface area contributed by atoms with E-state index in [1.54, 1.807) is 32.4 Å². The zero-order chi connectivity index (χ0) is 19.4. The number of benzene rings is 2. The molecule has 2 aromatic carbocycles. The lowest BCUT2D eigenvalue weighted by atomic mass is 10.0. The second kappa shape index (κ2) is 8.83. The Bertz CT molecular complexity index is 829. The van der Waals surface area contributed by atoms with Crippen LogP contribution in [0.15, 0.2) is 36.4 Å². The van der Waals surface area contributed by atoms with Gasteiger partial charge in [-0.3, -0.25) is 9.69 Å². The van der Waals surface area contributed by atoms with Crippen molar-refractivity contribution in [2.75, 3.05) is 32.6 Å². The zero-order valence-electron chi connectivity index (χ0n) is 15.3. The van der Waals surface area contributed by atoms with Gasteiger partial charge >= 0.3 is 0 Å². The number of likely N-dealkylation sites (tertiary alicyclic amines) is 1. The first-order valence-electron chi connectivity index (χ1n) is 8.72. The van der Waals surface area contributed by atoms with Crippen molar-refractivity contribution in [3.8, 4) is 11.5 Å². The summed E-state index contributed by atoms with van der Waals surface area (Å²) in [6.45, 7) is 1.09. The molecule has 1 aliphatic rings. The lowest BCUT2D eigenvalue weighted by Gasteiger charge is -2.26. The lowest BCUT2D eigenvalue weighted by Crippen LogP contribution is -2.33. The van der Waals surface area contributed by atoms with E-state index >= 15 is 0 Å². The highest BCUT2D eigenvalue weighted by Crippen LogP contribution is 2.38. The van der Waals surface area contributed by atoms with Gasteiger partial charge in [-0.2, -0.15) is 0 Å². The van der Waals surface area contributed by atoms with Gasteiger partial charge in [0.25, 0.3) is 0 Å². The Morgan fingerprint density at radius 2 is 2.00 bits per heavy atom. The van der Waals surface area contributed by atoms with Gasteiger partial charge in [-0.05, 0) is 55.8 Å². The number of rotatable bonds is 6. The molecule has 1 N–H and O–H groups in total. The van der Waals surface area contributed by atoms with Crippen LogP contribution in [0.2, 0.25) is 10.0 Å². The molecule has 0 radical (unpaired) electrons. The Morgan fingerprint density at radius 1 is 1.19 bits per heavy atom. The Labute approximate surface area is 169 Å². The normalized spacial score (nSPS) is 17.0. The number of amides is 1. The van der Waals surface area contributed by atoms with Gasteiger partial charge in [-0.1, -0.05) is 23.2 Å². The van der Waals surface area contributed by atoms with Crippen molar-refractivity contribution in [1.82, 2.24) is 4.90 Å². The standard InChI is InChI=1S/C20H22Cl2N2O3/c1-26-14-6-8-19(27-2)15(11-14)18-4-3-9-24(18)12-20(25)23-17-10-13(21)5-7-16(17)22/h5-8,10-11,18H,3-4,9,12H2,1-2H3,(H,23,25)/t18-/m0/s1. The molecule has 2 aromatic rings. The second-order valence-corrected chi connectivity index (χ2v) is 7.25. The van der Waals surface area contributed by atoms with Crippen LogP contribution in [0.3, 0.4) is 0 Å². The molecule has 27 heavy (non-hydrogen) atoms. The van der Waals surface area contributed by atoms with E-state index in [-0.39, 0.29) is 18.5 Å². The SMILES string of the molecule is COc1ccc(OC)c([C@@H]2CCCN2CC(=O)Nc2cc(Cl)ccc2Cl)c1. The molecule has 0 spiro atoms. The summed E-state index contributed by atoms with van der Waals surface area (Å²) in [5.74, 6) is 1.44. The summed E-state index contributed by atoms with van der Waals surface area (Å²) in [6.07, 6.45) is 1.96. The maximum Gasteiger partial charge on any atom is 0.238 e. The third-order valence-corrected chi connectivity index (χ3v) is 5.27. The van der Waals surface area contributed by atoms with E-state index in [1.807, 2.05) is 18.2 Å². The number of carbonyl (C=O) groups is 1. The summed E-state index contributed by atoms with van der Waals surface area (Å²) in [6, 6.07) is 10.8. The molecule has 0 unspecified atom stereocenters. The topological polar surface area (TPSA) is 50.8 Å². The summed E-state index contributed by atoms with van der Waals surface area (Å²) in [7, 11) is 3.29. The predicted molar refractivity (Wildman–Crippen MR) is 108 cm³/mol. The average molecular weight is 409 g/mol. The monoisotopic (exact) mass is 408 g/mol. The molecule has 1 amide bonds. The molecule has 1 saturated heterocycles. The molecule has 1 aliphatic heterocycles. The molecule has 7 heteroatoms. The Kier molecular flexibility index (Phi) is 6.47. The molecule has 0 aromatic heterocycles. The Morgan fingerprint density at radius 3 is 2.74 bits per heavy atom. The van der Waals surface area contributed by atoms with Crippen LogP contribution in [0.5, 0.6) is 11.5 Å². The number of halogens is 2. The highest BCUT2D eigenvalue weighted by molar-refractivity contribution is 6.35. The van der Waals surface area contributed by atoms with Crippen molar-refractivity contribution in [1.29, 1.82) is 0 Å². The third kappa shape index (κ3) is 4.67. The fraction of sp³-hybridized carbons (Fsp3) is 0.350. The second-order valence-electron chi connectivity index (χ2n) is 6.41. The zero-order valence-corrected chi connectivity index (χ0v) is 16.8. The number of hydrogen-bond donors (Lipinski definition) is 1. The van der Waals surface area contributed by atoms with Crippen molar-refractivity contribution in [2.45, 2.75) is 18.9 Å². The smallest absolute Gasteiger partial charge is 0.238 e. The Hall–Kier alpha value is -1.95. The lowest BCUT2D eigenvalue weighted by molar-refractivity contribution is -0.117. The molecule has 0 saturated carbocycles. The molecule has 5 nitrogen and oxygen atoms in total. The van der Waals surface area contributed by atoms with Gasteiger partial charge in [0.2, 0.25) is 5.91 Å². The van der Waals surface area contributed by atoms with Crippen LogP contribution in [0, 0.1) is 0 Å². The van der Waals surface area contributed by atoms with Crippen LogP contribution in [0.25, 0.3) is 0 Å². The largest absolute Gasteiger partial charge is 0.497 e. The molecule has 1 fully saturated rings.